The number of benzene rings is 1. The summed E-state index contributed by atoms with van der Waals surface area (Å²) in [4.78, 5) is 8.68. The minimum Gasteiger partial charge on any atom is -0.470 e. The normalized spacial score (nSPS) is 30.3. The number of nitrogens with one attached hydrogen (secondary N) is 1. The van der Waals surface area contributed by atoms with Crippen molar-refractivity contribution in [2.24, 2.45) is 5.92 Å². The maximum atomic E-state index is 14.5. The van der Waals surface area contributed by atoms with E-state index in [-0.39, 0.29) is 17.3 Å². The van der Waals surface area contributed by atoms with Gasteiger partial charge in [0.2, 0.25) is 5.88 Å². The van der Waals surface area contributed by atoms with E-state index in [4.69, 9.17) is 14.7 Å². The summed E-state index contributed by atoms with van der Waals surface area (Å²) >= 11 is 1.43. The zero-order valence-corrected chi connectivity index (χ0v) is 14.8. The van der Waals surface area contributed by atoms with Gasteiger partial charge >= 0.3 is 0 Å². The van der Waals surface area contributed by atoms with Crippen molar-refractivity contribution in [3.8, 4) is 23.1 Å². The number of nitriles is 1. The summed E-state index contributed by atoms with van der Waals surface area (Å²) in [5.74, 6) is 0.428. The first kappa shape index (κ1) is 15.5. The maximum Gasteiger partial charge on any atom is 0.235 e. The Bertz CT molecular complexity index is 1140. The summed E-state index contributed by atoms with van der Waals surface area (Å²) in [7, 11) is 0. The average molecular weight is 380 g/mol. The van der Waals surface area contributed by atoms with Gasteiger partial charge in [0.25, 0.3) is 0 Å². The molecular formula is C19H13FN4O2S. The van der Waals surface area contributed by atoms with Crippen molar-refractivity contribution in [3.63, 3.8) is 0 Å². The lowest BCUT2D eigenvalue weighted by atomic mass is 9.69. The van der Waals surface area contributed by atoms with Crippen LogP contribution in [0.25, 0.3) is 21.3 Å². The molecule has 3 fully saturated rings. The third-order valence-corrected chi connectivity index (χ3v) is 6.72. The molecule has 134 valence electrons. The lowest BCUT2D eigenvalue weighted by Gasteiger charge is -2.43. The van der Waals surface area contributed by atoms with Gasteiger partial charge in [0.1, 0.15) is 34.7 Å². The largest absolute Gasteiger partial charge is 0.470 e. The first-order chi connectivity index (χ1) is 13.2. The summed E-state index contributed by atoms with van der Waals surface area (Å²) in [5.41, 5.74) is 1.84. The fraction of sp³-hybridized carbons (Fsp3) is 0.316. The van der Waals surface area contributed by atoms with E-state index in [1.807, 2.05) is 11.4 Å². The number of hydrogen-bond donors (Lipinski definition) is 1. The number of aromatic nitrogens is 2. The van der Waals surface area contributed by atoms with Crippen LogP contribution in [0.5, 0.6) is 5.88 Å². The first-order valence-corrected chi connectivity index (χ1v) is 9.56. The molecule has 4 unspecified atom stereocenters. The smallest absolute Gasteiger partial charge is 0.235 e. The van der Waals surface area contributed by atoms with Crippen molar-refractivity contribution < 1.29 is 13.9 Å². The molecule has 1 spiro atoms. The van der Waals surface area contributed by atoms with E-state index in [2.05, 4.69) is 15.3 Å². The Hall–Kier alpha value is -2.60. The molecule has 3 aromatic rings. The Morgan fingerprint density at radius 1 is 1.37 bits per heavy atom. The second kappa shape index (κ2) is 5.23. The molecule has 1 saturated carbocycles. The fourth-order valence-corrected chi connectivity index (χ4v) is 5.34. The van der Waals surface area contributed by atoms with E-state index in [1.165, 1.54) is 23.7 Å². The molecule has 2 aliphatic heterocycles. The van der Waals surface area contributed by atoms with Crippen LogP contribution in [0.4, 0.5) is 4.39 Å². The van der Waals surface area contributed by atoms with Crippen molar-refractivity contribution in [2.75, 3.05) is 13.1 Å². The quantitative estimate of drug-likeness (QED) is 0.703. The Labute approximate surface area is 157 Å². The van der Waals surface area contributed by atoms with Crippen LogP contribution in [0.15, 0.2) is 29.9 Å². The number of thiophene rings is 1. The number of rotatable bonds is 3. The molecule has 2 bridgehead atoms. The standard InChI is InChI=1S/C19H13FN4O2S/c20-13-3-9(4-21)1-2-10(13)12-6-27-15-14(12)23-8-24-18(15)25-16-11-5-22-7-19(16)17(11)26-19/h1-3,6,8,11,16-17,22H,5,7H2. The minimum absolute atomic E-state index is 0.000881. The molecule has 27 heavy (non-hydrogen) atoms. The van der Waals surface area contributed by atoms with Gasteiger partial charge in [0.15, 0.2) is 0 Å². The molecule has 1 aliphatic carbocycles. The predicted octanol–water partition coefficient (Wildman–Crippen LogP) is 2.49. The Morgan fingerprint density at radius 2 is 2.30 bits per heavy atom. The van der Waals surface area contributed by atoms with Gasteiger partial charge in [0, 0.05) is 35.5 Å². The highest BCUT2D eigenvalue weighted by atomic mass is 32.1. The summed E-state index contributed by atoms with van der Waals surface area (Å²) < 4.78 is 27.4. The fourth-order valence-electron chi connectivity index (χ4n) is 4.39. The van der Waals surface area contributed by atoms with E-state index < -0.39 is 5.82 Å². The number of epoxide rings is 1. The van der Waals surface area contributed by atoms with Crippen LogP contribution in [0.3, 0.4) is 0 Å². The van der Waals surface area contributed by atoms with Crippen molar-refractivity contribution in [1.29, 1.82) is 5.26 Å². The first-order valence-electron chi connectivity index (χ1n) is 8.69. The van der Waals surface area contributed by atoms with E-state index in [0.717, 1.165) is 17.8 Å². The number of fused-ring (bicyclic) bond motifs is 3. The predicted molar refractivity (Wildman–Crippen MR) is 95.9 cm³/mol. The van der Waals surface area contributed by atoms with Gasteiger partial charge in [-0.2, -0.15) is 5.26 Å². The second-order valence-corrected chi connectivity index (χ2v) is 8.02. The number of nitrogens with zero attached hydrogens (tertiary/aromatic N) is 3. The zero-order valence-electron chi connectivity index (χ0n) is 14.0. The Balaban J connectivity index is 1.39. The molecule has 1 N–H and O–H groups in total. The monoisotopic (exact) mass is 380 g/mol. The van der Waals surface area contributed by atoms with Gasteiger partial charge in [-0.05, 0) is 12.1 Å². The van der Waals surface area contributed by atoms with Crippen molar-refractivity contribution in [2.45, 2.75) is 17.8 Å². The van der Waals surface area contributed by atoms with Gasteiger partial charge in [-0.1, -0.05) is 6.07 Å². The molecule has 3 aliphatic rings. The highest BCUT2D eigenvalue weighted by molar-refractivity contribution is 7.18. The van der Waals surface area contributed by atoms with Crippen LogP contribution >= 0.6 is 11.3 Å². The third kappa shape index (κ3) is 1.99. The molecule has 0 radical (unpaired) electrons. The summed E-state index contributed by atoms with van der Waals surface area (Å²) in [6.45, 7) is 1.69. The van der Waals surface area contributed by atoms with Crippen molar-refractivity contribution in [1.82, 2.24) is 15.3 Å². The minimum atomic E-state index is -0.442. The molecule has 2 saturated heterocycles. The third-order valence-electron chi connectivity index (χ3n) is 5.76. The van der Waals surface area contributed by atoms with Crippen LogP contribution in [0.2, 0.25) is 0 Å². The highest BCUT2D eigenvalue weighted by Gasteiger charge is 2.80. The molecule has 0 amide bonds. The van der Waals surface area contributed by atoms with Crippen molar-refractivity contribution in [3.05, 3.63) is 41.3 Å². The van der Waals surface area contributed by atoms with Gasteiger partial charge in [-0.3, -0.25) is 0 Å². The van der Waals surface area contributed by atoms with Crippen LogP contribution < -0.4 is 10.1 Å². The second-order valence-electron chi connectivity index (χ2n) is 7.14. The van der Waals surface area contributed by atoms with Crippen LogP contribution in [0.1, 0.15) is 5.56 Å². The lowest BCUT2D eigenvalue weighted by molar-refractivity contribution is 0.00197. The summed E-state index contributed by atoms with van der Waals surface area (Å²) in [5, 5.41) is 14.1. The maximum absolute atomic E-state index is 14.5. The molecule has 8 heteroatoms. The molecular weight excluding hydrogens is 367 g/mol. The number of halogens is 1. The highest BCUT2D eigenvalue weighted by Crippen LogP contribution is 2.60. The summed E-state index contributed by atoms with van der Waals surface area (Å²) in [6.07, 6.45) is 1.76. The molecule has 1 aromatic carbocycles. The van der Waals surface area contributed by atoms with E-state index in [9.17, 15) is 4.39 Å². The van der Waals surface area contributed by atoms with Crippen LogP contribution in [-0.2, 0) is 4.74 Å². The van der Waals surface area contributed by atoms with E-state index >= 15 is 0 Å². The summed E-state index contributed by atoms with van der Waals surface area (Å²) in [6, 6.07) is 6.40. The Kier molecular flexibility index (Phi) is 2.99. The number of hydrogen-bond acceptors (Lipinski definition) is 7. The topological polar surface area (TPSA) is 83.4 Å². The molecule has 2 aromatic heterocycles. The molecule has 6 rings (SSSR count). The van der Waals surface area contributed by atoms with Gasteiger partial charge in [-0.25, -0.2) is 14.4 Å². The number of ether oxygens (including phenoxy) is 2. The van der Waals surface area contributed by atoms with Gasteiger partial charge < -0.3 is 14.8 Å². The van der Waals surface area contributed by atoms with Crippen molar-refractivity contribution >= 4 is 21.6 Å². The van der Waals surface area contributed by atoms with E-state index in [1.54, 1.807) is 12.1 Å². The van der Waals surface area contributed by atoms with E-state index in [0.29, 0.717) is 34.5 Å². The Morgan fingerprint density at radius 3 is 3.07 bits per heavy atom. The SMILES string of the molecule is N#Cc1ccc(-c2csc3c(OC4C5CNCC46OC56)ncnc23)c(F)c1. The molecule has 6 nitrogen and oxygen atoms in total. The van der Waals surface area contributed by atoms with Crippen LogP contribution in [0, 0.1) is 23.1 Å². The lowest BCUT2D eigenvalue weighted by Crippen LogP contribution is -2.67. The number of piperidine rings is 2. The van der Waals surface area contributed by atoms with Gasteiger partial charge in [-0.15, -0.1) is 11.3 Å². The average Bonchev–Trinajstić information content (AvgIpc) is 3.19. The molecule has 4 heterocycles. The van der Waals surface area contributed by atoms with Crippen LogP contribution in [-0.4, -0.2) is 40.9 Å². The zero-order chi connectivity index (χ0) is 18.2. The van der Waals surface area contributed by atoms with Gasteiger partial charge in [0.05, 0.1) is 17.1 Å². The molecule has 4 atom stereocenters.